The molecule has 8 heteroatoms. The third-order valence-corrected chi connectivity index (χ3v) is 5.59. The maximum atomic E-state index is 5.79. The molecule has 0 radical (unpaired) electrons. The van der Waals surface area contributed by atoms with E-state index in [0.29, 0.717) is 5.92 Å². The minimum atomic E-state index is 0. The highest BCUT2D eigenvalue weighted by Crippen LogP contribution is 2.25. The Balaban J connectivity index is 0.00000280. The van der Waals surface area contributed by atoms with Gasteiger partial charge in [-0.1, -0.05) is 22.0 Å². The van der Waals surface area contributed by atoms with Gasteiger partial charge in [0.25, 0.3) is 0 Å². The summed E-state index contributed by atoms with van der Waals surface area (Å²) in [5.74, 6) is 1.51. The number of aliphatic imine (C=N–C) groups is 1. The first kappa shape index (κ1) is 23.7. The third kappa shape index (κ3) is 7.68. The lowest BCUT2D eigenvalue weighted by atomic mass is 10.1. The molecule has 0 aromatic heterocycles. The van der Waals surface area contributed by atoms with Crippen LogP contribution in [0.25, 0.3) is 0 Å². The highest BCUT2D eigenvalue weighted by molar-refractivity contribution is 14.0. The Bertz CT molecular complexity index is 614. The second-order valence-corrected chi connectivity index (χ2v) is 8.09. The number of nitrogens with zero attached hydrogens (tertiary/aromatic N) is 2. The molecule has 1 aromatic carbocycles. The van der Waals surface area contributed by atoms with Gasteiger partial charge in [0.2, 0.25) is 0 Å². The normalized spacial score (nSPS) is 22.2. The van der Waals surface area contributed by atoms with Crippen molar-refractivity contribution in [2.75, 3.05) is 57.9 Å². The number of ether oxygens (including phenoxy) is 2. The lowest BCUT2D eigenvalue weighted by molar-refractivity contribution is 0.0420. The maximum absolute atomic E-state index is 5.79. The fourth-order valence-electron chi connectivity index (χ4n) is 3.54. The number of rotatable bonds is 8. The molecule has 0 amide bonds. The van der Waals surface area contributed by atoms with Crippen molar-refractivity contribution in [2.24, 2.45) is 10.9 Å². The van der Waals surface area contributed by atoms with E-state index in [1.165, 1.54) is 12.1 Å². The molecule has 2 heterocycles. The van der Waals surface area contributed by atoms with Crippen molar-refractivity contribution in [3.63, 3.8) is 0 Å². The van der Waals surface area contributed by atoms with Crippen LogP contribution in [-0.2, 0) is 9.47 Å². The van der Waals surface area contributed by atoms with Gasteiger partial charge < -0.3 is 25.0 Å². The standard InChI is InChI=1S/C20H31BrN4O2.HI/c1-22-20(23-8-3-10-27-19-7-11-26-15-19)24-13-16-6-9-25(14-16)18-5-2-4-17(21)12-18;/h2,4-5,12,16,19H,3,6-11,13-15H2,1H3,(H2,22,23,24);1H. The van der Waals surface area contributed by atoms with E-state index in [-0.39, 0.29) is 30.1 Å². The van der Waals surface area contributed by atoms with Gasteiger partial charge in [-0.2, -0.15) is 0 Å². The van der Waals surface area contributed by atoms with Crippen LogP contribution in [0, 0.1) is 5.92 Å². The Morgan fingerprint density at radius 1 is 1.36 bits per heavy atom. The van der Waals surface area contributed by atoms with Crippen molar-refractivity contribution in [3.8, 4) is 0 Å². The van der Waals surface area contributed by atoms with E-state index < -0.39 is 0 Å². The molecule has 28 heavy (non-hydrogen) atoms. The van der Waals surface area contributed by atoms with Crippen molar-refractivity contribution < 1.29 is 9.47 Å². The first-order valence-corrected chi connectivity index (χ1v) is 10.7. The monoisotopic (exact) mass is 566 g/mol. The van der Waals surface area contributed by atoms with Crippen molar-refractivity contribution in [1.29, 1.82) is 0 Å². The molecule has 2 saturated heterocycles. The molecule has 2 atom stereocenters. The Labute approximate surface area is 194 Å². The number of guanidine groups is 1. The third-order valence-electron chi connectivity index (χ3n) is 5.10. The molecule has 6 nitrogen and oxygen atoms in total. The van der Waals surface area contributed by atoms with Crippen molar-refractivity contribution >= 4 is 51.6 Å². The molecule has 2 N–H and O–H groups in total. The zero-order valence-electron chi connectivity index (χ0n) is 16.5. The molecule has 2 aliphatic heterocycles. The number of hydrogen-bond donors (Lipinski definition) is 2. The summed E-state index contributed by atoms with van der Waals surface area (Å²) >= 11 is 3.56. The number of halogens is 2. The van der Waals surface area contributed by atoms with Crippen LogP contribution in [0.15, 0.2) is 33.7 Å². The quantitative estimate of drug-likeness (QED) is 0.219. The minimum absolute atomic E-state index is 0. The fourth-order valence-corrected chi connectivity index (χ4v) is 3.93. The minimum Gasteiger partial charge on any atom is -0.379 e. The SMILES string of the molecule is CN=C(NCCCOC1CCOC1)NCC1CCN(c2cccc(Br)c2)C1.I. The average molecular weight is 567 g/mol. The van der Waals surface area contributed by atoms with Crippen LogP contribution < -0.4 is 15.5 Å². The Hall–Kier alpha value is -0.580. The van der Waals surface area contributed by atoms with Gasteiger partial charge in [0.15, 0.2) is 5.96 Å². The molecule has 0 saturated carbocycles. The highest BCUT2D eigenvalue weighted by Gasteiger charge is 2.23. The number of hydrogen-bond acceptors (Lipinski definition) is 4. The molecule has 0 bridgehead atoms. The van der Waals surface area contributed by atoms with E-state index in [2.05, 4.69) is 60.7 Å². The van der Waals surface area contributed by atoms with Gasteiger partial charge in [-0.25, -0.2) is 0 Å². The summed E-state index contributed by atoms with van der Waals surface area (Å²) in [7, 11) is 1.82. The molecule has 2 unspecified atom stereocenters. The van der Waals surface area contributed by atoms with E-state index in [4.69, 9.17) is 9.47 Å². The van der Waals surface area contributed by atoms with Gasteiger partial charge in [0.1, 0.15) is 0 Å². The summed E-state index contributed by atoms with van der Waals surface area (Å²) in [4.78, 5) is 6.78. The molecule has 1 aromatic rings. The lowest BCUT2D eigenvalue weighted by Gasteiger charge is -2.20. The number of benzene rings is 1. The predicted molar refractivity (Wildman–Crippen MR) is 129 cm³/mol. The van der Waals surface area contributed by atoms with E-state index in [9.17, 15) is 0 Å². The molecule has 2 aliphatic rings. The molecule has 2 fully saturated rings. The van der Waals surface area contributed by atoms with Gasteiger partial charge in [-0.05, 0) is 43.4 Å². The molecule has 0 aliphatic carbocycles. The molecule has 0 spiro atoms. The summed E-state index contributed by atoms with van der Waals surface area (Å²) in [5.41, 5.74) is 1.29. The highest BCUT2D eigenvalue weighted by atomic mass is 127. The molecule has 158 valence electrons. The Morgan fingerprint density at radius 2 is 2.25 bits per heavy atom. The number of nitrogens with one attached hydrogen (secondary N) is 2. The first-order valence-electron chi connectivity index (χ1n) is 9.89. The second-order valence-electron chi connectivity index (χ2n) is 7.17. The van der Waals surface area contributed by atoms with Gasteiger partial charge in [0.05, 0.1) is 12.7 Å². The van der Waals surface area contributed by atoms with Crippen LogP contribution in [0.2, 0.25) is 0 Å². The molecular weight excluding hydrogens is 535 g/mol. The van der Waals surface area contributed by atoms with E-state index in [1.54, 1.807) is 0 Å². The van der Waals surface area contributed by atoms with Crippen molar-refractivity contribution in [2.45, 2.75) is 25.4 Å². The van der Waals surface area contributed by atoms with Crippen LogP contribution in [0.1, 0.15) is 19.3 Å². The van der Waals surface area contributed by atoms with E-state index in [1.807, 2.05) is 7.05 Å². The van der Waals surface area contributed by atoms with Gasteiger partial charge in [-0.3, -0.25) is 4.99 Å². The van der Waals surface area contributed by atoms with Crippen molar-refractivity contribution in [3.05, 3.63) is 28.7 Å². The summed E-state index contributed by atoms with van der Waals surface area (Å²) in [5, 5.41) is 6.85. The van der Waals surface area contributed by atoms with Crippen molar-refractivity contribution in [1.82, 2.24) is 10.6 Å². The molecule has 3 rings (SSSR count). The van der Waals surface area contributed by atoms with Crippen LogP contribution in [0.4, 0.5) is 5.69 Å². The van der Waals surface area contributed by atoms with Gasteiger partial charge >= 0.3 is 0 Å². The lowest BCUT2D eigenvalue weighted by Crippen LogP contribution is -2.40. The summed E-state index contributed by atoms with van der Waals surface area (Å²) in [6.45, 7) is 6.34. The van der Waals surface area contributed by atoms with Crippen LogP contribution >= 0.6 is 39.9 Å². The smallest absolute Gasteiger partial charge is 0.190 e. The summed E-state index contributed by atoms with van der Waals surface area (Å²) < 4.78 is 12.2. The van der Waals surface area contributed by atoms with E-state index >= 15 is 0 Å². The Morgan fingerprint density at radius 3 is 3.00 bits per heavy atom. The molecular formula is C20H32BrIN4O2. The van der Waals surface area contributed by atoms with E-state index in [0.717, 1.165) is 69.3 Å². The first-order chi connectivity index (χ1) is 13.2. The Kier molecular flexibility index (Phi) is 10.9. The predicted octanol–water partition coefficient (Wildman–Crippen LogP) is 3.25. The zero-order chi connectivity index (χ0) is 18.9. The summed E-state index contributed by atoms with van der Waals surface area (Å²) in [6.07, 6.45) is 3.48. The number of anilines is 1. The fraction of sp³-hybridized carbons (Fsp3) is 0.650. The van der Waals surface area contributed by atoms with Crippen LogP contribution in [-0.4, -0.2) is 65.1 Å². The van der Waals surface area contributed by atoms with Gasteiger partial charge in [0, 0.05) is 56.6 Å². The van der Waals surface area contributed by atoms with Crippen LogP contribution in [0.3, 0.4) is 0 Å². The topological polar surface area (TPSA) is 58.1 Å². The maximum Gasteiger partial charge on any atom is 0.190 e. The van der Waals surface area contributed by atoms with Crippen LogP contribution in [0.5, 0.6) is 0 Å². The van der Waals surface area contributed by atoms with Gasteiger partial charge in [-0.15, -0.1) is 24.0 Å². The summed E-state index contributed by atoms with van der Waals surface area (Å²) in [6, 6.07) is 8.54. The zero-order valence-corrected chi connectivity index (χ0v) is 20.4. The average Bonchev–Trinajstić information content (AvgIpc) is 3.36. The second kappa shape index (κ2) is 12.9. The largest absolute Gasteiger partial charge is 0.379 e.